The van der Waals surface area contributed by atoms with Crippen LogP contribution in [0.25, 0.3) is 22.0 Å². The van der Waals surface area contributed by atoms with Crippen LogP contribution in [0.15, 0.2) is 36.8 Å². The number of carbonyl (C=O) groups excluding carboxylic acids is 1. The molecule has 41 heavy (non-hydrogen) atoms. The number of hydrogen-bond acceptors (Lipinski definition) is 4. The van der Waals surface area contributed by atoms with Crippen LogP contribution in [0, 0.1) is 0 Å². The molecule has 0 atom stereocenters. The first-order chi connectivity index (χ1) is 19.9. The summed E-state index contributed by atoms with van der Waals surface area (Å²) in [5, 5.41) is 6.11. The minimum atomic E-state index is -2.63. The first kappa shape index (κ1) is 26.2. The third-order valence-electron chi connectivity index (χ3n) is 9.37. The number of aryl methyl sites for hydroxylation is 2. The number of nitrogens with zero attached hydrogens (tertiary/aromatic N) is 6. The van der Waals surface area contributed by atoms with Crippen LogP contribution < -0.4 is 4.90 Å². The molecule has 1 amide bonds. The van der Waals surface area contributed by atoms with Gasteiger partial charge in [0.1, 0.15) is 0 Å². The number of rotatable bonds is 4. The average molecular weight is 559 g/mol. The maximum absolute atomic E-state index is 14.8. The summed E-state index contributed by atoms with van der Waals surface area (Å²) in [4.78, 5) is 20.7. The van der Waals surface area contributed by atoms with E-state index in [2.05, 4.69) is 14.6 Å². The predicted molar refractivity (Wildman–Crippen MR) is 156 cm³/mol. The fraction of sp³-hybridized carbons (Fsp3) is 0.469. The summed E-state index contributed by atoms with van der Waals surface area (Å²) in [6.45, 7) is 3.53. The highest BCUT2D eigenvalue weighted by Crippen LogP contribution is 2.45. The number of halogens is 2. The number of aromatic nitrogens is 4. The molecular formula is C32H36F2N6O. The summed E-state index contributed by atoms with van der Waals surface area (Å²) in [5.41, 5.74) is 6.49. The second-order valence-electron chi connectivity index (χ2n) is 11.8. The lowest BCUT2D eigenvalue weighted by atomic mass is 9.91. The molecule has 3 aliphatic rings. The zero-order valence-corrected chi connectivity index (χ0v) is 23.7. The highest BCUT2D eigenvalue weighted by Gasteiger charge is 2.34. The smallest absolute Gasteiger partial charge is 0.264 e. The number of amides is 1. The second kappa shape index (κ2) is 10.3. The Morgan fingerprint density at radius 3 is 2.66 bits per heavy atom. The van der Waals surface area contributed by atoms with Crippen molar-refractivity contribution in [2.75, 3.05) is 18.0 Å². The highest BCUT2D eigenvalue weighted by atomic mass is 19.3. The summed E-state index contributed by atoms with van der Waals surface area (Å²) in [6, 6.07) is 5.94. The highest BCUT2D eigenvalue weighted by molar-refractivity contribution is 5.97. The maximum Gasteiger partial charge on any atom is 0.264 e. The first-order valence-corrected chi connectivity index (χ1v) is 14.9. The molecule has 1 aromatic carbocycles. The van der Waals surface area contributed by atoms with Gasteiger partial charge in [-0.2, -0.15) is 5.10 Å². The third kappa shape index (κ3) is 4.41. The largest absolute Gasteiger partial charge is 0.350 e. The fourth-order valence-electron chi connectivity index (χ4n) is 7.27. The van der Waals surface area contributed by atoms with Crippen LogP contribution >= 0.6 is 0 Å². The Morgan fingerprint density at radius 1 is 1.05 bits per heavy atom. The van der Waals surface area contributed by atoms with E-state index >= 15 is 0 Å². The van der Waals surface area contributed by atoms with Gasteiger partial charge in [0.15, 0.2) is 5.82 Å². The normalized spacial score (nSPS) is 17.8. The third-order valence-corrected chi connectivity index (χ3v) is 9.37. The van der Waals surface area contributed by atoms with E-state index in [9.17, 15) is 13.6 Å². The molecule has 9 heteroatoms. The van der Waals surface area contributed by atoms with Crippen LogP contribution in [0.3, 0.4) is 0 Å². The van der Waals surface area contributed by atoms with Crippen molar-refractivity contribution in [3.05, 3.63) is 59.2 Å². The summed E-state index contributed by atoms with van der Waals surface area (Å²) in [5.74, 6) is 0.889. The van der Waals surface area contributed by atoms with E-state index in [-0.39, 0.29) is 11.5 Å². The average Bonchev–Trinajstić information content (AvgIpc) is 3.54. The molecule has 0 saturated heterocycles. The van der Waals surface area contributed by atoms with Crippen molar-refractivity contribution in [1.29, 1.82) is 0 Å². The Balaban J connectivity index is 1.37. The summed E-state index contributed by atoms with van der Waals surface area (Å²) >= 11 is 0. The number of hydrogen-bond donors (Lipinski definition) is 0. The molecule has 1 saturated carbocycles. The van der Waals surface area contributed by atoms with Crippen molar-refractivity contribution in [2.45, 2.75) is 77.3 Å². The number of fused-ring (bicyclic) bond motifs is 3. The Morgan fingerprint density at radius 2 is 1.88 bits per heavy atom. The summed E-state index contributed by atoms with van der Waals surface area (Å²) in [6.07, 6.45) is 11.2. The minimum Gasteiger partial charge on any atom is -0.350 e. The predicted octanol–water partition coefficient (Wildman–Crippen LogP) is 6.87. The van der Waals surface area contributed by atoms with Crippen molar-refractivity contribution in [2.24, 2.45) is 7.05 Å². The van der Waals surface area contributed by atoms with E-state index in [1.54, 1.807) is 25.4 Å². The molecule has 3 aromatic heterocycles. The number of carbonyl (C=O) groups is 1. The van der Waals surface area contributed by atoms with E-state index in [0.29, 0.717) is 31.2 Å². The van der Waals surface area contributed by atoms with Crippen LogP contribution in [-0.4, -0.2) is 43.2 Å². The van der Waals surface area contributed by atoms with Gasteiger partial charge >= 0.3 is 0 Å². The van der Waals surface area contributed by atoms with E-state index in [4.69, 9.17) is 5.10 Å². The summed E-state index contributed by atoms with van der Waals surface area (Å²) < 4.78 is 33.8. The molecular weight excluding hydrogens is 522 g/mol. The summed E-state index contributed by atoms with van der Waals surface area (Å²) in [7, 11) is 1.93. The minimum absolute atomic E-state index is 0.0259. The molecule has 4 aromatic rings. The van der Waals surface area contributed by atoms with Gasteiger partial charge in [-0.25, -0.2) is 8.78 Å². The number of pyridine rings is 1. The molecule has 214 valence electrons. The van der Waals surface area contributed by atoms with Crippen LogP contribution in [0.2, 0.25) is 0 Å². The molecule has 0 radical (unpaired) electrons. The van der Waals surface area contributed by atoms with Gasteiger partial charge in [-0.3, -0.25) is 14.5 Å². The first-order valence-electron chi connectivity index (χ1n) is 14.9. The molecule has 0 N–H and O–H groups in total. The van der Waals surface area contributed by atoms with Gasteiger partial charge in [-0.15, -0.1) is 0 Å². The van der Waals surface area contributed by atoms with Crippen LogP contribution in [0.1, 0.15) is 80.3 Å². The van der Waals surface area contributed by atoms with Crippen LogP contribution in [0.4, 0.5) is 20.3 Å². The Bertz CT molecular complexity index is 1630. The molecule has 7 nitrogen and oxygen atoms in total. The van der Waals surface area contributed by atoms with E-state index < -0.39 is 6.43 Å². The lowest BCUT2D eigenvalue weighted by molar-refractivity contribution is -0.129. The lowest BCUT2D eigenvalue weighted by Crippen LogP contribution is -2.35. The lowest BCUT2D eigenvalue weighted by Gasteiger charge is -2.33. The van der Waals surface area contributed by atoms with Gasteiger partial charge in [0, 0.05) is 85.5 Å². The molecule has 0 bridgehead atoms. The van der Waals surface area contributed by atoms with E-state index in [1.807, 2.05) is 34.8 Å². The van der Waals surface area contributed by atoms with Crippen molar-refractivity contribution >= 4 is 28.3 Å². The maximum atomic E-state index is 14.8. The molecule has 2 aliphatic heterocycles. The molecule has 0 spiro atoms. The standard InChI is InChI=1S/C32H36F2N6O/c1-20(41)38-14-11-29-27(19-38)32(36-40(29)22-8-4-3-5-9-22)39-13-6-7-21-15-23(24(31(33)34)16-30(21)39)26-18-37(2)28-10-12-35-17-25(26)28/h10,12,15-18,22,31H,3-9,11,13-14,19H2,1-2H3. The van der Waals surface area contributed by atoms with Crippen molar-refractivity contribution in [3.8, 4) is 11.1 Å². The Kier molecular flexibility index (Phi) is 6.55. The van der Waals surface area contributed by atoms with Gasteiger partial charge in [-0.05, 0) is 55.0 Å². The molecule has 1 fully saturated rings. The van der Waals surface area contributed by atoms with Gasteiger partial charge in [0.25, 0.3) is 6.43 Å². The Hall–Kier alpha value is -3.75. The second-order valence-corrected chi connectivity index (χ2v) is 11.8. The number of benzene rings is 1. The van der Waals surface area contributed by atoms with E-state index in [0.717, 1.165) is 71.2 Å². The molecule has 5 heterocycles. The quantitative estimate of drug-likeness (QED) is 0.274. The fourth-order valence-corrected chi connectivity index (χ4v) is 7.27. The van der Waals surface area contributed by atoms with E-state index in [1.165, 1.54) is 25.0 Å². The van der Waals surface area contributed by atoms with Crippen LogP contribution in [0.5, 0.6) is 0 Å². The van der Waals surface area contributed by atoms with Gasteiger partial charge in [0.05, 0.1) is 18.1 Å². The van der Waals surface area contributed by atoms with Crippen molar-refractivity contribution < 1.29 is 13.6 Å². The van der Waals surface area contributed by atoms with Crippen LogP contribution in [-0.2, 0) is 31.2 Å². The molecule has 0 unspecified atom stereocenters. The van der Waals surface area contributed by atoms with Crippen molar-refractivity contribution in [1.82, 2.24) is 24.2 Å². The Labute approximate surface area is 238 Å². The van der Waals surface area contributed by atoms with Crippen molar-refractivity contribution in [3.63, 3.8) is 0 Å². The van der Waals surface area contributed by atoms with Gasteiger partial charge < -0.3 is 14.4 Å². The topological polar surface area (TPSA) is 59.2 Å². The zero-order chi connectivity index (χ0) is 28.2. The number of anilines is 2. The SMILES string of the molecule is CC(=O)N1CCc2c(c(N3CCCc4cc(-c5cn(C)c6ccncc56)c(C(F)F)cc43)nn2C2CCCCC2)C1. The molecule has 7 rings (SSSR count). The number of alkyl halides is 2. The van der Waals surface area contributed by atoms with Gasteiger partial charge in [-0.1, -0.05) is 19.3 Å². The van der Waals surface area contributed by atoms with Gasteiger partial charge in [0.2, 0.25) is 5.91 Å². The monoisotopic (exact) mass is 558 g/mol. The molecule has 1 aliphatic carbocycles. The zero-order valence-electron chi connectivity index (χ0n) is 23.7.